The molecule has 0 aromatic heterocycles. The molecule has 1 atom stereocenters. The lowest BCUT2D eigenvalue weighted by atomic mass is 10.1. The zero-order valence-electron chi connectivity index (χ0n) is 26.2. The summed E-state index contributed by atoms with van der Waals surface area (Å²) in [4.78, 5) is 29.6. The van der Waals surface area contributed by atoms with Crippen molar-refractivity contribution in [2.75, 3.05) is 25.1 Å². The van der Waals surface area contributed by atoms with E-state index in [1.807, 2.05) is 45.0 Å². The van der Waals surface area contributed by atoms with Crippen LogP contribution in [0.4, 0.5) is 5.69 Å². The minimum atomic E-state index is -4.26. The van der Waals surface area contributed by atoms with Crippen LogP contribution in [0.15, 0.2) is 71.6 Å². The standard InChI is InChI=1S/C34H43N3O6S/c1-6-30(34(39)35-27-9-7-8-10-27)36(22-26-15-11-24(2)12-16-26)33(38)23-37(31-21-28(42-4)17-20-32(31)43-5)44(40,41)29-18-13-25(3)14-19-29/h11-21,27,30H,6-10,22-23H2,1-5H3,(H,35,39). The molecule has 1 aliphatic rings. The summed E-state index contributed by atoms with van der Waals surface area (Å²) in [5.74, 6) is -0.0899. The van der Waals surface area contributed by atoms with Gasteiger partial charge in [-0.1, -0.05) is 67.3 Å². The maximum atomic E-state index is 14.4. The number of sulfonamides is 1. The summed E-state index contributed by atoms with van der Waals surface area (Å²) in [6, 6.07) is 18.3. The Kier molecular flexibility index (Phi) is 10.9. The molecule has 10 heteroatoms. The number of nitrogens with one attached hydrogen (secondary N) is 1. The molecule has 0 saturated heterocycles. The van der Waals surface area contributed by atoms with Gasteiger partial charge < -0.3 is 19.7 Å². The summed E-state index contributed by atoms with van der Waals surface area (Å²) in [7, 11) is -1.34. The summed E-state index contributed by atoms with van der Waals surface area (Å²) in [5, 5.41) is 3.14. The van der Waals surface area contributed by atoms with E-state index in [2.05, 4.69) is 5.32 Å². The predicted octanol–water partition coefficient (Wildman–Crippen LogP) is 5.38. The third-order valence-corrected chi connectivity index (χ3v) is 9.88. The van der Waals surface area contributed by atoms with Gasteiger partial charge in [0.2, 0.25) is 11.8 Å². The van der Waals surface area contributed by atoms with Crippen LogP contribution in [0.5, 0.6) is 11.5 Å². The molecule has 0 spiro atoms. The van der Waals surface area contributed by atoms with Gasteiger partial charge in [0.15, 0.2) is 0 Å². The summed E-state index contributed by atoms with van der Waals surface area (Å²) in [6.07, 6.45) is 4.30. The minimum Gasteiger partial charge on any atom is -0.497 e. The third-order valence-electron chi connectivity index (χ3n) is 8.10. The normalized spacial score (nSPS) is 14.1. The van der Waals surface area contributed by atoms with Crippen LogP contribution in [0.2, 0.25) is 0 Å². The number of aryl methyl sites for hydroxylation is 2. The van der Waals surface area contributed by atoms with Gasteiger partial charge in [-0.15, -0.1) is 0 Å². The van der Waals surface area contributed by atoms with Crippen molar-refractivity contribution in [2.45, 2.75) is 76.4 Å². The highest BCUT2D eigenvalue weighted by Crippen LogP contribution is 2.36. The lowest BCUT2D eigenvalue weighted by Crippen LogP contribution is -2.53. The van der Waals surface area contributed by atoms with Crippen LogP contribution in [-0.4, -0.2) is 58.0 Å². The monoisotopic (exact) mass is 621 g/mol. The summed E-state index contributed by atoms with van der Waals surface area (Å²) < 4.78 is 40.5. The molecule has 1 N–H and O–H groups in total. The van der Waals surface area contributed by atoms with E-state index in [0.29, 0.717) is 12.2 Å². The van der Waals surface area contributed by atoms with Gasteiger partial charge in [-0.3, -0.25) is 13.9 Å². The fraction of sp³-hybridized carbons (Fsp3) is 0.412. The number of amides is 2. The summed E-state index contributed by atoms with van der Waals surface area (Å²) >= 11 is 0. The van der Waals surface area contributed by atoms with Crippen LogP contribution in [-0.2, 0) is 26.2 Å². The van der Waals surface area contributed by atoms with Crippen molar-refractivity contribution < 1.29 is 27.5 Å². The highest BCUT2D eigenvalue weighted by molar-refractivity contribution is 7.92. The quantitative estimate of drug-likeness (QED) is 0.275. The van der Waals surface area contributed by atoms with Crippen LogP contribution in [0.25, 0.3) is 0 Å². The maximum absolute atomic E-state index is 14.4. The first-order valence-corrected chi connectivity index (χ1v) is 16.5. The minimum absolute atomic E-state index is 0.0249. The fourth-order valence-corrected chi connectivity index (χ4v) is 6.94. The highest BCUT2D eigenvalue weighted by Gasteiger charge is 2.35. The number of hydrogen-bond donors (Lipinski definition) is 1. The molecule has 0 aliphatic heterocycles. The van der Waals surface area contributed by atoms with Crippen molar-refractivity contribution in [3.8, 4) is 11.5 Å². The van der Waals surface area contributed by atoms with Gasteiger partial charge in [0.25, 0.3) is 10.0 Å². The van der Waals surface area contributed by atoms with Gasteiger partial charge in [-0.25, -0.2) is 8.42 Å². The Balaban J connectivity index is 1.78. The highest BCUT2D eigenvalue weighted by atomic mass is 32.2. The smallest absolute Gasteiger partial charge is 0.264 e. The molecule has 1 aliphatic carbocycles. The molecule has 0 radical (unpaired) electrons. The Morgan fingerprint density at radius 1 is 0.909 bits per heavy atom. The van der Waals surface area contributed by atoms with Gasteiger partial charge in [0, 0.05) is 18.7 Å². The van der Waals surface area contributed by atoms with E-state index in [-0.39, 0.29) is 34.8 Å². The Morgan fingerprint density at radius 3 is 2.09 bits per heavy atom. The SMILES string of the molecule is CCC(C(=O)NC1CCCC1)N(Cc1ccc(C)cc1)C(=O)CN(c1cc(OC)ccc1OC)S(=O)(=O)c1ccc(C)cc1. The van der Waals surface area contributed by atoms with E-state index in [9.17, 15) is 18.0 Å². The van der Waals surface area contributed by atoms with E-state index in [1.54, 1.807) is 24.3 Å². The van der Waals surface area contributed by atoms with Crippen molar-refractivity contribution in [1.29, 1.82) is 0 Å². The predicted molar refractivity (Wildman–Crippen MR) is 171 cm³/mol. The number of hydrogen-bond acceptors (Lipinski definition) is 6. The fourth-order valence-electron chi connectivity index (χ4n) is 5.52. The molecule has 1 saturated carbocycles. The van der Waals surface area contributed by atoms with E-state index in [4.69, 9.17) is 9.47 Å². The molecule has 236 valence electrons. The molecule has 3 aromatic rings. The molecule has 9 nitrogen and oxygen atoms in total. The van der Waals surface area contributed by atoms with Gasteiger partial charge in [0.05, 0.1) is 24.8 Å². The second-order valence-electron chi connectivity index (χ2n) is 11.3. The molecule has 0 bridgehead atoms. The first kappa shape index (κ1) is 32.9. The number of carbonyl (C=O) groups excluding carboxylic acids is 2. The number of ether oxygens (including phenoxy) is 2. The Morgan fingerprint density at radius 2 is 1.52 bits per heavy atom. The van der Waals surface area contributed by atoms with Crippen LogP contribution >= 0.6 is 0 Å². The first-order valence-electron chi connectivity index (χ1n) is 15.0. The lowest BCUT2D eigenvalue weighted by molar-refractivity contribution is -0.140. The second kappa shape index (κ2) is 14.6. The van der Waals surface area contributed by atoms with Crippen LogP contribution in [0, 0.1) is 13.8 Å². The molecule has 0 heterocycles. The zero-order chi connectivity index (χ0) is 31.9. The van der Waals surface area contributed by atoms with Crippen LogP contribution in [0.1, 0.15) is 55.7 Å². The van der Waals surface area contributed by atoms with Gasteiger partial charge >= 0.3 is 0 Å². The summed E-state index contributed by atoms with van der Waals surface area (Å²) in [5.41, 5.74) is 2.95. The first-order chi connectivity index (χ1) is 21.1. The average molecular weight is 622 g/mol. The van der Waals surface area contributed by atoms with Crippen molar-refractivity contribution in [2.24, 2.45) is 0 Å². The second-order valence-corrected chi connectivity index (χ2v) is 13.1. The summed E-state index contributed by atoms with van der Waals surface area (Å²) in [6.45, 7) is 5.29. The molecular formula is C34H43N3O6S. The number of benzene rings is 3. The Bertz CT molecular complexity index is 1530. The van der Waals surface area contributed by atoms with Gasteiger partial charge in [-0.2, -0.15) is 0 Å². The lowest BCUT2D eigenvalue weighted by Gasteiger charge is -2.34. The Hall–Kier alpha value is -4.05. The van der Waals surface area contributed by atoms with Crippen molar-refractivity contribution in [1.82, 2.24) is 10.2 Å². The van der Waals surface area contributed by atoms with Gasteiger partial charge in [-0.05, 0) is 62.9 Å². The number of nitrogens with zero attached hydrogens (tertiary/aromatic N) is 2. The number of methoxy groups -OCH3 is 2. The van der Waals surface area contributed by atoms with Crippen LogP contribution < -0.4 is 19.1 Å². The molecule has 4 rings (SSSR count). The third kappa shape index (κ3) is 7.72. The van der Waals surface area contributed by atoms with Crippen LogP contribution in [0.3, 0.4) is 0 Å². The van der Waals surface area contributed by atoms with E-state index in [0.717, 1.165) is 46.7 Å². The van der Waals surface area contributed by atoms with E-state index < -0.39 is 28.5 Å². The number of anilines is 1. The molecule has 3 aromatic carbocycles. The molecule has 1 unspecified atom stereocenters. The van der Waals surface area contributed by atoms with E-state index >= 15 is 0 Å². The van der Waals surface area contributed by atoms with Gasteiger partial charge in [0.1, 0.15) is 24.1 Å². The average Bonchev–Trinajstić information content (AvgIpc) is 3.53. The number of rotatable bonds is 13. The van der Waals surface area contributed by atoms with Crippen molar-refractivity contribution >= 4 is 27.5 Å². The topological polar surface area (TPSA) is 105 Å². The maximum Gasteiger partial charge on any atom is 0.264 e. The molecule has 1 fully saturated rings. The molecular weight excluding hydrogens is 578 g/mol. The number of carbonyl (C=O) groups is 2. The zero-order valence-corrected chi connectivity index (χ0v) is 27.0. The molecule has 44 heavy (non-hydrogen) atoms. The largest absolute Gasteiger partial charge is 0.497 e. The van der Waals surface area contributed by atoms with E-state index in [1.165, 1.54) is 37.3 Å². The van der Waals surface area contributed by atoms with Crippen molar-refractivity contribution in [3.63, 3.8) is 0 Å². The van der Waals surface area contributed by atoms with Crippen molar-refractivity contribution in [3.05, 3.63) is 83.4 Å². The molecule has 2 amide bonds. The Labute approximate surface area is 261 Å².